The normalized spacial score (nSPS) is 13.8. The number of aromatic nitrogens is 1. The molecule has 174 valence electrons. The van der Waals surface area contributed by atoms with Crippen molar-refractivity contribution in [2.45, 2.75) is 24.9 Å². The molecule has 0 spiro atoms. The number of pyridine rings is 1. The van der Waals surface area contributed by atoms with Crippen LogP contribution in [0.1, 0.15) is 36.0 Å². The van der Waals surface area contributed by atoms with Crippen LogP contribution in [0.5, 0.6) is 5.88 Å². The van der Waals surface area contributed by atoms with Crippen molar-refractivity contribution in [2.24, 2.45) is 0 Å². The van der Waals surface area contributed by atoms with Gasteiger partial charge in [-0.15, -0.1) is 0 Å². The lowest BCUT2D eigenvalue weighted by Crippen LogP contribution is -2.34. The standard InChI is InChI=1S/C32H29NO2/c1-3-32(34,29-20-12-18-24-15-10-11-19-27(24)29)30(25-16-8-5-9-17-25)28-21-26(22-33-31(28)35-2)23-13-6-4-7-14-23/h4-22,30,34H,3H2,1-2H3. The van der Waals surface area contributed by atoms with Crippen LogP contribution in [-0.4, -0.2) is 17.2 Å². The molecular formula is C32H29NO2. The molecule has 2 atom stereocenters. The van der Waals surface area contributed by atoms with Gasteiger partial charge in [-0.1, -0.05) is 110 Å². The predicted molar refractivity (Wildman–Crippen MR) is 143 cm³/mol. The number of hydrogen-bond donors (Lipinski definition) is 1. The summed E-state index contributed by atoms with van der Waals surface area (Å²) < 4.78 is 5.78. The van der Waals surface area contributed by atoms with E-state index in [0.29, 0.717) is 12.3 Å². The Bertz CT molecular complexity index is 1430. The summed E-state index contributed by atoms with van der Waals surface area (Å²) in [5.41, 5.74) is 3.62. The van der Waals surface area contributed by atoms with Crippen molar-refractivity contribution in [3.63, 3.8) is 0 Å². The van der Waals surface area contributed by atoms with Crippen molar-refractivity contribution in [3.05, 3.63) is 132 Å². The minimum atomic E-state index is -1.20. The Balaban J connectivity index is 1.79. The fraction of sp³-hybridized carbons (Fsp3) is 0.156. The van der Waals surface area contributed by atoms with Gasteiger partial charge in [0.2, 0.25) is 5.88 Å². The number of benzene rings is 4. The second kappa shape index (κ2) is 9.73. The number of rotatable bonds is 7. The van der Waals surface area contributed by atoms with Gasteiger partial charge in [0.15, 0.2) is 0 Å². The van der Waals surface area contributed by atoms with Crippen LogP contribution >= 0.6 is 0 Å². The summed E-state index contributed by atoms with van der Waals surface area (Å²) in [5.74, 6) is 0.122. The van der Waals surface area contributed by atoms with E-state index >= 15 is 0 Å². The minimum Gasteiger partial charge on any atom is -0.481 e. The van der Waals surface area contributed by atoms with E-state index in [1.165, 1.54) is 0 Å². The summed E-state index contributed by atoms with van der Waals surface area (Å²) in [5, 5.41) is 14.8. The molecule has 3 heteroatoms. The van der Waals surface area contributed by atoms with Crippen LogP contribution in [0.2, 0.25) is 0 Å². The largest absolute Gasteiger partial charge is 0.481 e. The molecule has 0 saturated heterocycles. The van der Waals surface area contributed by atoms with Crippen molar-refractivity contribution >= 4 is 10.8 Å². The molecule has 1 heterocycles. The van der Waals surface area contributed by atoms with Crippen LogP contribution in [0.3, 0.4) is 0 Å². The molecule has 0 radical (unpaired) electrons. The lowest BCUT2D eigenvalue weighted by molar-refractivity contribution is 0.0158. The molecule has 5 aromatic rings. The Morgan fingerprint density at radius 3 is 2.17 bits per heavy atom. The Morgan fingerprint density at radius 2 is 1.46 bits per heavy atom. The summed E-state index contributed by atoms with van der Waals surface area (Å²) in [6.45, 7) is 2.04. The maximum Gasteiger partial charge on any atom is 0.217 e. The molecule has 0 fully saturated rings. The van der Waals surface area contributed by atoms with Crippen LogP contribution in [0.25, 0.3) is 21.9 Å². The average Bonchev–Trinajstić information content (AvgIpc) is 2.93. The Kier molecular flexibility index (Phi) is 6.35. The number of hydrogen-bond acceptors (Lipinski definition) is 3. The highest BCUT2D eigenvalue weighted by Crippen LogP contribution is 2.48. The second-order valence-electron chi connectivity index (χ2n) is 8.84. The maximum atomic E-state index is 12.7. The van der Waals surface area contributed by atoms with E-state index in [-0.39, 0.29) is 0 Å². The molecule has 0 aliphatic carbocycles. The molecule has 1 N–H and O–H groups in total. The van der Waals surface area contributed by atoms with Gasteiger partial charge < -0.3 is 9.84 Å². The maximum absolute atomic E-state index is 12.7. The van der Waals surface area contributed by atoms with E-state index in [1.807, 2.05) is 73.8 Å². The van der Waals surface area contributed by atoms with Crippen molar-refractivity contribution in [2.75, 3.05) is 7.11 Å². The average molecular weight is 460 g/mol. The Morgan fingerprint density at radius 1 is 0.800 bits per heavy atom. The second-order valence-corrected chi connectivity index (χ2v) is 8.84. The first-order chi connectivity index (χ1) is 17.2. The van der Waals surface area contributed by atoms with Crippen molar-refractivity contribution < 1.29 is 9.84 Å². The van der Waals surface area contributed by atoms with Crippen LogP contribution in [0, 0.1) is 0 Å². The molecule has 2 unspecified atom stereocenters. The van der Waals surface area contributed by atoms with E-state index in [9.17, 15) is 5.11 Å². The van der Waals surface area contributed by atoms with Gasteiger partial charge in [0, 0.05) is 23.2 Å². The van der Waals surface area contributed by atoms with E-state index < -0.39 is 11.5 Å². The van der Waals surface area contributed by atoms with Crippen LogP contribution in [-0.2, 0) is 5.60 Å². The van der Waals surface area contributed by atoms with Gasteiger partial charge in [-0.2, -0.15) is 0 Å². The summed E-state index contributed by atoms with van der Waals surface area (Å²) in [4.78, 5) is 4.69. The Labute approximate surface area is 206 Å². The molecule has 5 rings (SSSR count). The molecule has 35 heavy (non-hydrogen) atoms. The number of methoxy groups -OCH3 is 1. The van der Waals surface area contributed by atoms with Crippen molar-refractivity contribution in [1.29, 1.82) is 0 Å². The SMILES string of the molecule is CCC(O)(c1cccc2ccccc12)C(c1ccccc1)c1cc(-c2ccccc2)cnc1OC. The third kappa shape index (κ3) is 4.20. The predicted octanol–water partition coefficient (Wildman–Crippen LogP) is 7.34. The highest BCUT2D eigenvalue weighted by Gasteiger charge is 2.42. The number of fused-ring (bicyclic) bond motifs is 1. The highest BCUT2D eigenvalue weighted by molar-refractivity contribution is 5.86. The third-order valence-electron chi connectivity index (χ3n) is 6.90. The van der Waals surface area contributed by atoms with Crippen LogP contribution in [0.4, 0.5) is 0 Å². The topological polar surface area (TPSA) is 42.4 Å². The zero-order chi connectivity index (χ0) is 24.3. The third-order valence-corrected chi connectivity index (χ3v) is 6.90. The fourth-order valence-corrected chi connectivity index (χ4v) is 5.15. The Hall–Kier alpha value is -3.95. The zero-order valence-electron chi connectivity index (χ0n) is 20.1. The molecule has 0 bridgehead atoms. The van der Waals surface area contributed by atoms with Gasteiger partial charge in [-0.05, 0) is 39.9 Å². The smallest absolute Gasteiger partial charge is 0.217 e. The molecule has 0 amide bonds. The zero-order valence-corrected chi connectivity index (χ0v) is 20.1. The summed E-state index contributed by atoms with van der Waals surface area (Å²) in [7, 11) is 1.64. The van der Waals surface area contributed by atoms with Gasteiger partial charge >= 0.3 is 0 Å². The summed E-state index contributed by atoms with van der Waals surface area (Å²) >= 11 is 0. The lowest BCUT2D eigenvalue weighted by atomic mass is 9.71. The monoisotopic (exact) mass is 459 g/mol. The molecule has 4 aromatic carbocycles. The highest BCUT2D eigenvalue weighted by atomic mass is 16.5. The van der Waals surface area contributed by atoms with Gasteiger partial charge in [0.1, 0.15) is 5.60 Å². The molecular weight excluding hydrogens is 430 g/mol. The lowest BCUT2D eigenvalue weighted by Gasteiger charge is -2.38. The summed E-state index contributed by atoms with van der Waals surface area (Å²) in [6.07, 6.45) is 2.35. The van der Waals surface area contributed by atoms with E-state index in [4.69, 9.17) is 9.72 Å². The van der Waals surface area contributed by atoms with Crippen molar-refractivity contribution in [1.82, 2.24) is 4.98 Å². The molecule has 1 aromatic heterocycles. The quantitative estimate of drug-likeness (QED) is 0.277. The minimum absolute atomic E-state index is 0.398. The van der Waals surface area contributed by atoms with Gasteiger partial charge in [-0.3, -0.25) is 0 Å². The molecule has 0 saturated carbocycles. The van der Waals surface area contributed by atoms with Crippen LogP contribution < -0.4 is 4.74 Å². The van der Waals surface area contributed by atoms with Gasteiger partial charge in [0.25, 0.3) is 0 Å². The first-order valence-corrected chi connectivity index (χ1v) is 12.0. The van der Waals surface area contributed by atoms with Crippen molar-refractivity contribution in [3.8, 4) is 17.0 Å². The summed E-state index contributed by atoms with van der Waals surface area (Å²) in [6, 6.07) is 36.9. The molecule has 0 aliphatic heterocycles. The first-order valence-electron chi connectivity index (χ1n) is 12.0. The number of aliphatic hydroxyl groups is 1. The number of nitrogens with zero attached hydrogens (tertiary/aromatic N) is 1. The first kappa shape index (κ1) is 22.8. The fourth-order valence-electron chi connectivity index (χ4n) is 5.15. The van der Waals surface area contributed by atoms with E-state index in [2.05, 4.69) is 48.5 Å². The van der Waals surface area contributed by atoms with Gasteiger partial charge in [-0.25, -0.2) is 4.98 Å². The molecule has 0 aliphatic rings. The van der Waals surface area contributed by atoms with Crippen LogP contribution in [0.15, 0.2) is 115 Å². The van der Waals surface area contributed by atoms with E-state index in [0.717, 1.165) is 38.6 Å². The molecule has 3 nitrogen and oxygen atoms in total. The van der Waals surface area contributed by atoms with E-state index in [1.54, 1.807) is 7.11 Å². The van der Waals surface area contributed by atoms with Gasteiger partial charge in [0.05, 0.1) is 7.11 Å². The number of ether oxygens (including phenoxy) is 1.